The smallest absolute Gasteiger partial charge is 0.271 e. The molecule has 0 saturated carbocycles. The lowest BCUT2D eigenvalue weighted by Crippen LogP contribution is -2.15. The van der Waals surface area contributed by atoms with Crippen LogP contribution in [-0.4, -0.2) is 38.5 Å². The second-order valence-corrected chi connectivity index (χ2v) is 7.64. The Morgan fingerprint density at radius 3 is 2.56 bits per heavy atom. The number of anilines is 1. The molecule has 0 aliphatic carbocycles. The van der Waals surface area contributed by atoms with Gasteiger partial charge >= 0.3 is 0 Å². The topological polar surface area (TPSA) is 121 Å². The quantitative estimate of drug-likeness (QED) is 0.277. The molecule has 32 heavy (non-hydrogen) atoms. The van der Waals surface area contributed by atoms with Crippen molar-refractivity contribution >= 4 is 29.0 Å². The molecular weight excluding hydrogens is 434 g/mol. The number of hydrogen-bond donors (Lipinski definition) is 1. The van der Waals surface area contributed by atoms with Crippen LogP contribution in [0.2, 0.25) is 0 Å². The number of aromatic nitrogens is 3. The van der Waals surface area contributed by atoms with Crippen LogP contribution in [0.15, 0.2) is 47.6 Å². The molecule has 3 rings (SSSR count). The van der Waals surface area contributed by atoms with E-state index < -0.39 is 4.92 Å². The van der Waals surface area contributed by atoms with Crippen molar-refractivity contribution in [3.63, 3.8) is 0 Å². The first-order chi connectivity index (χ1) is 15.4. The fourth-order valence-electron chi connectivity index (χ4n) is 2.84. The molecule has 0 fully saturated rings. The molecule has 1 N–H and O–H groups in total. The standard InChI is InChI=1S/C21H23N5O5S/c1-4-25-19(12-31-17-9-7-16(30-3)8-10-17)23-24-21(25)32-13-20(27)22-18-11-15(26(28)29)6-5-14(18)2/h5-11H,4,12-13H2,1-3H3,(H,22,27). The highest BCUT2D eigenvalue weighted by atomic mass is 32.2. The lowest BCUT2D eigenvalue weighted by Gasteiger charge is -2.10. The molecule has 168 valence electrons. The number of hydrogen-bond acceptors (Lipinski definition) is 8. The van der Waals surface area contributed by atoms with Crippen molar-refractivity contribution in [2.24, 2.45) is 0 Å². The minimum absolute atomic E-state index is 0.0780. The van der Waals surface area contributed by atoms with Crippen LogP contribution >= 0.6 is 11.8 Å². The van der Waals surface area contributed by atoms with E-state index in [1.54, 1.807) is 32.2 Å². The summed E-state index contributed by atoms with van der Waals surface area (Å²) in [7, 11) is 1.60. The Kier molecular flexibility index (Phi) is 7.66. The summed E-state index contributed by atoms with van der Waals surface area (Å²) >= 11 is 1.23. The number of carbonyl (C=O) groups is 1. The lowest BCUT2D eigenvalue weighted by atomic mass is 10.2. The van der Waals surface area contributed by atoms with Crippen LogP contribution in [0.3, 0.4) is 0 Å². The molecule has 2 aromatic carbocycles. The Bertz CT molecular complexity index is 1100. The molecule has 0 unspecified atom stereocenters. The molecule has 11 heteroatoms. The second kappa shape index (κ2) is 10.6. The minimum Gasteiger partial charge on any atom is -0.497 e. The first-order valence-corrected chi connectivity index (χ1v) is 10.8. The van der Waals surface area contributed by atoms with Gasteiger partial charge in [-0.15, -0.1) is 10.2 Å². The highest BCUT2D eigenvalue weighted by molar-refractivity contribution is 7.99. The predicted octanol–water partition coefficient (Wildman–Crippen LogP) is 3.83. The third kappa shape index (κ3) is 5.76. The zero-order valence-corrected chi connectivity index (χ0v) is 18.7. The summed E-state index contributed by atoms with van der Waals surface area (Å²) in [5.74, 6) is 1.85. The highest BCUT2D eigenvalue weighted by Crippen LogP contribution is 2.24. The van der Waals surface area contributed by atoms with Crippen molar-refractivity contribution in [3.8, 4) is 11.5 Å². The number of nitrogens with one attached hydrogen (secondary N) is 1. The van der Waals surface area contributed by atoms with Crippen molar-refractivity contribution in [2.45, 2.75) is 32.2 Å². The molecule has 0 saturated heterocycles. The number of amides is 1. The molecule has 10 nitrogen and oxygen atoms in total. The molecule has 1 heterocycles. The monoisotopic (exact) mass is 457 g/mol. The third-order valence-electron chi connectivity index (χ3n) is 4.58. The van der Waals surface area contributed by atoms with Crippen LogP contribution in [0.25, 0.3) is 0 Å². The lowest BCUT2D eigenvalue weighted by molar-refractivity contribution is -0.384. The van der Waals surface area contributed by atoms with Gasteiger partial charge in [-0.2, -0.15) is 0 Å². The van der Waals surface area contributed by atoms with E-state index in [1.807, 2.05) is 23.6 Å². The van der Waals surface area contributed by atoms with E-state index in [1.165, 1.54) is 23.9 Å². The number of nitro groups is 1. The molecule has 3 aromatic rings. The van der Waals surface area contributed by atoms with E-state index in [0.717, 1.165) is 11.3 Å². The van der Waals surface area contributed by atoms with Crippen LogP contribution in [0.1, 0.15) is 18.3 Å². The van der Waals surface area contributed by atoms with E-state index in [-0.39, 0.29) is 24.0 Å². The zero-order valence-electron chi connectivity index (χ0n) is 17.9. The summed E-state index contributed by atoms with van der Waals surface area (Å²) in [4.78, 5) is 22.9. The van der Waals surface area contributed by atoms with Crippen molar-refractivity contribution in [3.05, 3.63) is 64.0 Å². The average molecular weight is 458 g/mol. The maximum atomic E-state index is 12.4. The van der Waals surface area contributed by atoms with Crippen LogP contribution < -0.4 is 14.8 Å². The fraction of sp³-hybridized carbons (Fsp3) is 0.286. The Morgan fingerprint density at radius 1 is 1.19 bits per heavy atom. The number of nitro benzene ring substituents is 1. The molecule has 0 atom stereocenters. The molecule has 1 amide bonds. The minimum atomic E-state index is -0.497. The molecule has 0 aliphatic heterocycles. The fourth-order valence-corrected chi connectivity index (χ4v) is 3.67. The summed E-state index contributed by atoms with van der Waals surface area (Å²) in [5, 5.41) is 22.6. The Hall–Kier alpha value is -3.60. The van der Waals surface area contributed by atoms with E-state index in [9.17, 15) is 14.9 Å². The van der Waals surface area contributed by atoms with Gasteiger partial charge in [0, 0.05) is 18.7 Å². The number of methoxy groups -OCH3 is 1. The van der Waals surface area contributed by atoms with Crippen LogP contribution in [-0.2, 0) is 17.9 Å². The van der Waals surface area contributed by atoms with Gasteiger partial charge in [-0.05, 0) is 43.7 Å². The van der Waals surface area contributed by atoms with Crippen molar-refractivity contribution in [1.82, 2.24) is 14.8 Å². The van der Waals surface area contributed by atoms with Gasteiger partial charge in [0.1, 0.15) is 18.1 Å². The van der Waals surface area contributed by atoms with E-state index in [0.29, 0.717) is 29.0 Å². The van der Waals surface area contributed by atoms with Crippen molar-refractivity contribution in [1.29, 1.82) is 0 Å². The SMILES string of the molecule is CCn1c(COc2ccc(OC)cc2)nnc1SCC(=O)Nc1cc([N+](=O)[O-])ccc1C. The summed E-state index contributed by atoms with van der Waals surface area (Å²) in [6, 6.07) is 11.6. The summed E-state index contributed by atoms with van der Waals surface area (Å²) < 4.78 is 12.8. The molecular formula is C21H23N5O5S. The summed E-state index contributed by atoms with van der Waals surface area (Å²) in [5.41, 5.74) is 1.07. The number of nitrogens with zero attached hydrogens (tertiary/aromatic N) is 4. The number of carbonyl (C=O) groups excluding carboxylic acids is 1. The normalized spacial score (nSPS) is 10.6. The Labute approximate surface area is 189 Å². The van der Waals surface area contributed by atoms with Crippen molar-refractivity contribution in [2.75, 3.05) is 18.2 Å². The van der Waals surface area contributed by atoms with Gasteiger partial charge in [-0.1, -0.05) is 17.8 Å². The van der Waals surface area contributed by atoms with Crippen LogP contribution in [0.5, 0.6) is 11.5 Å². The van der Waals surface area contributed by atoms with Gasteiger partial charge in [0.25, 0.3) is 5.69 Å². The summed E-state index contributed by atoms with van der Waals surface area (Å²) in [6.45, 7) is 4.57. The highest BCUT2D eigenvalue weighted by Gasteiger charge is 2.15. The Morgan fingerprint density at radius 2 is 1.91 bits per heavy atom. The van der Waals surface area contributed by atoms with Gasteiger partial charge in [0.2, 0.25) is 5.91 Å². The first kappa shape index (κ1) is 23.1. The van der Waals surface area contributed by atoms with Gasteiger partial charge in [0.05, 0.1) is 23.5 Å². The molecule has 0 aliphatic rings. The average Bonchev–Trinajstić information content (AvgIpc) is 3.19. The van der Waals surface area contributed by atoms with E-state index in [2.05, 4.69) is 15.5 Å². The Balaban J connectivity index is 1.59. The molecule has 0 spiro atoms. The number of benzene rings is 2. The predicted molar refractivity (Wildman–Crippen MR) is 120 cm³/mol. The number of rotatable bonds is 10. The number of ether oxygens (including phenoxy) is 2. The van der Waals surface area contributed by atoms with E-state index in [4.69, 9.17) is 9.47 Å². The van der Waals surface area contributed by atoms with Crippen LogP contribution in [0.4, 0.5) is 11.4 Å². The summed E-state index contributed by atoms with van der Waals surface area (Å²) in [6.07, 6.45) is 0. The van der Waals surface area contributed by atoms with Gasteiger partial charge in [-0.25, -0.2) is 0 Å². The zero-order chi connectivity index (χ0) is 23.1. The van der Waals surface area contributed by atoms with Gasteiger partial charge in [0.15, 0.2) is 11.0 Å². The maximum Gasteiger partial charge on any atom is 0.271 e. The van der Waals surface area contributed by atoms with Gasteiger partial charge in [-0.3, -0.25) is 14.9 Å². The number of thioether (sulfide) groups is 1. The maximum absolute atomic E-state index is 12.4. The molecule has 0 bridgehead atoms. The van der Waals surface area contributed by atoms with E-state index >= 15 is 0 Å². The first-order valence-electron chi connectivity index (χ1n) is 9.78. The molecule has 1 aromatic heterocycles. The second-order valence-electron chi connectivity index (χ2n) is 6.70. The number of non-ortho nitro benzene ring substituents is 1. The largest absolute Gasteiger partial charge is 0.497 e. The third-order valence-corrected chi connectivity index (χ3v) is 5.54. The molecule has 0 radical (unpaired) electrons. The van der Waals surface area contributed by atoms with Gasteiger partial charge < -0.3 is 19.4 Å². The number of aryl methyl sites for hydroxylation is 1. The van der Waals surface area contributed by atoms with Crippen LogP contribution in [0, 0.1) is 17.0 Å². The van der Waals surface area contributed by atoms with Crippen molar-refractivity contribution < 1.29 is 19.2 Å².